The highest BCUT2D eigenvalue weighted by Gasteiger charge is 2.46. The second-order valence-electron chi connectivity index (χ2n) is 12.9. The van der Waals surface area contributed by atoms with Crippen molar-refractivity contribution in [2.24, 2.45) is 5.92 Å². The van der Waals surface area contributed by atoms with E-state index in [9.17, 15) is 18.7 Å². The molecule has 0 amide bonds. The van der Waals surface area contributed by atoms with Gasteiger partial charge in [-0.1, -0.05) is 6.92 Å². The first-order valence-electron chi connectivity index (χ1n) is 16.9. The van der Waals surface area contributed by atoms with Gasteiger partial charge in [-0.15, -0.1) is 0 Å². The van der Waals surface area contributed by atoms with E-state index in [1.165, 1.54) is 45.0 Å². The maximum absolute atomic E-state index is 14.9. The molecule has 0 aliphatic carbocycles. The fraction of sp³-hybridized carbons (Fsp3) is 0.389. The van der Waals surface area contributed by atoms with Gasteiger partial charge in [-0.25, -0.2) is 32.5 Å². The number of aromatic nitrogens is 6. The van der Waals surface area contributed by atoms with Crippen molar-refractivity contribution in [3.05, 3.63) is 113 Å². The van der Waals surface area contributed by atoms with Crippen LogP contribution in [-0.2, 0) is 10.5 Å². The summed E-state index contributed by atoms with van der Waals surface area (Å²) < 4.78 is 45.2. The van der Waals surface area contributed by atoms with Crippen LogP contribution in [0.3, 0.4) is 0 Å². The van der Waals surface area contributed by atoms with Crippen LogP contribution in [0.4, 0.5) is 20.2 Å². The SMILES string of the molecule is CC[C@@H]([C@H](C)O)n1ncn(-c2ccc(N3CCN(c4ccc(OC[C@H]5COC(c6ccc(F)cc6F)(n6cncn6)C5)cc4)CC3)cc2)c1=O. The number of aliphatic hydroxyl groups excluding tert-OH is 1. The first kappa shape index (κ1) is 33.4. The summed E-state index contributed by atoms with van der Waals surface area (Å²) in [5.74, 6) is -0.699. The van der Waals surface area contributed by atoms with Gasteiger partial charge in [0.15, 0.2) is 5.72 Å². The summed E-state index contributed by atoms with van der Waals surface area (Å²) >= 11 is 0. The standard InChI is InChI=1S/C36H40F2N8O4/c1-3-34(25(2)47)46-35(48)44(24-41-46)30-7-5-28(6-8-30)42-14-16-43(17-15-42)29-9-11-31(12-10-29)49-20-26-19-36(50-21-26,45-23-39-22-40-45)32-13-4-27(37)18-33(32)38/h4-13,18,22-26,34,47H,3,14-17,19-21H2,1-2H3/t25-,26-,34-,36?/m0/s1. The highest BCUT2D eigenvalue weighted by atomic mass is 19.1. The van der Waals surface area contributed by atoms with Gasteiger partial charge < -0.3 is 24.4 Å². The quantitative estimate of drug-likeness (QED) is 0.216. The average Bonchev–Trinajstić information content (AvgIpc) is 3.90. The van der Waals surface area contributed by atoms with E-state index in [0.29, 0.717) is 26.1 Å². The van der Waals surface area contributed by atoms with E-state index < -0.39 is 23.5 Å². The van der Waals surface area contributed by atoms with E-state index in [2.05, 4.69) is 37.1 Å². The summed E-state index contributed by atoms with van der Waals surface area (Å²) in [6.45, 7) is 7.62. The second-order valence-corrected chi connectivity index (χ2v) is 12.9. The third-order valence-electron chi connectivity index (χ3n) is 9.71. The van der Waals surface area contributed by atoms with Crippen LogP contribution >= 0.6 is 0 Å². The van der Waals surface area contributed by atoms with Crippen LogP contribution in [0.25, 0.3) is 5.69 Å². The van der Waals surface area contributed by atoms with Gasteiger partial charge in [0, 0.05) is 61.5 Å². The Kier molecular flexibility index (Phi) is 9.38. The minimum absolute atomic E-state index is 0.0624. The van der Waals surface area contributed by atoms with E-state index in [1.807, 2.05) is 43.3 Å². The fourth-order valence-electron chi connectivity index (χ4n) is 7.00. The van der Waals surface area contributed by atoms with Crippen LogP contribution in [0.1, 0.15) is 38.3 Å². The Labute approximate surface area is 288 Å². The van der Waals surface area contributed by atoms with Crippen LogP contribution in [0.5, 0.6) is 5.75 Å². The van der Waals surface area contributed by atoms with Gasteiger partial charge in [-0.05, 0) is 74.0 Å². The number of nitrogens with zero attached hydrogens (tertiary/aromatic N) is 8. The van der Waals surface area contributed by atoms with Gasteiger partial charge in [0.1, 0.15) is 36.4 Å². The van der Waals surface area contributed by atoms with Gasteiger partial charge in [-0.2, -0.15) is 10.2 Å². The molecule has 2 aliphatic heterocycles. The predicted octanol–water partition coefficient (Wildman–Crippen LogP) is 4.38. The van der Waals surface area contributed by atoms with Crippen LogP contribution in [0, 0.1) is 17.6 Å². The third-order valence-corrected chi connectivity index (χ3v) is 9.71. The lowest BCUT2D eigenvalue weighted by Crippen LogP contribution is -2.46. The number of halogens is 2. The number of hydrogen-bond acceptors (Lipinski definition) is 9. The lowest BCUT2D eigenvalue weighted by atomic mass is 9.94. The molecule has 12 nitrogen and oxygen atoms in total. The monoisotopic (exact) mass is 686 g/mol. The van der Waals surface area contributed by atoms with Crippen LogP contribution in [-0.4, -0.2) is 79.7 Å². The molecule has 14 heteroatoms. The molecule has 7 rings (SSSR count). The Hall–Kier alpha value is -5.08. The van der Waals surface area contributed by atoms with Crippen LogP contribution in [0.15, 0.2) is 90.5 Å². The molecular formula is C36H40F2N8O4. The summed E-state index contributed by atoms with van der Waals surface area (Å²) in [5, 5.41) is 18.5. The number of ether oxygens (including phenoxy) is 2. The van der Waals surface area contributed by atoms with Gasteiger partial charge >= 0.3 is 5.69 Å². The molecule has 5 aromatic rings. The maximum atomic E-state index is 14.9. The molecule has 50 heavy (non-hydrogen) atoms. The van der Waals surface area contributed by atoms with Crippen molar-refractivity contribution in [3.8, 4) is 11.4 Å². The highest BCUT2D eigenvalue weighted by Crippen LogP contribution is 2.41. The molecule has 3 aromatic carbocycles. The van der Waals surface area contributed by atoms with Crippen molar-refractivity contribution >= 4 is 11.4 Å². The summed E-state index contributed by atoms with van der Waals surface area (Å²) in [5.41, 5.74) is 1.60. The Balaban J connectivity index is 0.928. The third kappa shape index (κ3) is 6.48. The highest BCUT2D eigenvalue weighted by molar-refractivity contribution is 5.54. The molecule has 2 fully saturated rings. The molecule has 0 radical (unpaired) electrons. The zero-order valence-corrected chi connectivity index (χ0v) is 28.0. The minimum Gasteiger partial charge on any atom is -0.493 e. The topological polar surface area (TPSA) is 116 Å². The van der Waals surface area contributed by atoms with Crippen LogP contribution in [0.2, 0.25) is 0 Å². The smallest absolute Gasteiger partial charge is 0.350 e. The average molecular weight is 687 g/mol. The normalized spacial score (nSPS) is 20.6. The summed E-state index contributed by atoms with van der Waals surface area (Å²) in [6.07, 6.45) is 4.65. The van der Waals surface area contributed by atoms with Crippen LogP contribution < -0.4 is 20.2 Å². The summed E-state index contributed by atoms with van der Waals surface area (Å²) in [7, 11) is 0. The van der Waals surface area contributed by atoms with Gasteiger partial charge in [0.05, 0.1) is 31.0 Å². The van der Waals surface area contributed by atoms with Crippen molar-refractivity contribution in [2.45, 2.75) is 44.6 Å². The van der Waals surface area contributed by atoms with E-state index in [0.717, 1.165) is 55.1 Å². The number of aliphatic hydroxyl groups is 1. The van der Waals surface area contributed by atoms with E-state index in [1.54, 1.807) is 6.92 Å². The molecule has 0 bridgehead atoms. The molecule has 1 unspecified atom stereocenters. The Morgan fingerprint density at radius 3 is 2.20 bits per heavy atom. The molecule has 4 heterocycles. The fourth-order valence-corrected chi connectivity index (χ4v) is 7.00. The van der Waals surface area contributed by atoms with E-state index in [-0.39, 0.29) is 23.2 Å². The molecule has 2 saturated heterocycles. The summed E-state index contributed by atoms with van der Waals surface area (Å²) in [6, 6.07) is 19.0. The molecule has 262 valence electrons. The summed E-state index contributed by atoms with van der Waals surface area (Å²) in [4.78, 5) is 21.7. The second kappa shape index (κ2) is 14.0. The zero-order valence-electron chi connectivity index (χ0n) is 28.0. The van der Waals surface area contributed by atoms with Gasteiger partial charge in [-0.3, -0.25) is 0 Å². The number of rotatable bonds is 11. The Bertz CT molecular complexity index is 1940. The predicted molar refractivity (Wildman–Crippen MR) is 183 cm³/mol. The Morgan fingerprint density at radius 1 is 0.940 bits per heavy atom. The number of anilines is 2. The van der Waals surface area contributed by atoms with E-state index >= 15 is 0 Å². The molecule has 2 aliphatic rings. The van der Waals surface area contributed by atoms with E-state index in [4.69, 9.17) is 9.47 Å². The minimum atomic E-state index is -1.24. The lowest BCUT2D eigenvalue weighted by Gasteiger charge is -2.37. The number of piperazine rings is 1. The number of benzene rings is 3. The maximum Gasteiger partial charge on any atom is 0.350 e. The Morgan fingerprint density at radius 2 is 1.60 bits per heavy atom. The largest absolute Gasteiger partial charge is 0.493 e. The van der Waals surface area contributed by atoms with Crippen molar-refractivity contribution in [3.63, 3.8) is 0 Å². The zero-order chi connectivity index (χ0) is 34.8. The van der Waals surface area contributed by atoms with Crippen molar-refractivity contribution in [1.29, 1.82) is 0 Å². The first-order valence-corrected chi connectivity index (χ1v) is 16.9. The van der Waals surface area contributed by atoms with Gasteiger partial charge in [0.2, 0.25) is 0 Å². The first-order chi connectivity index (χ1) is 24.3. The molecule has 0 spiro atoms. The molecular weight excluding hydrogens is 646 g/mol. The molecule has 2 aromatic heterocycles. The van der Waals surface area contributed by atoms with Crippen molar-refractivity contribution in [1.82, 2.24) is 29.1 Å². The number of hydrogen-bond donors (Lipinski definition) is 1. The molecule has 0 saturated carbocycles. The van der Waals surface area contributed by atoms with Crippen molar-refractivity contribution < 1.29 is 23.4 Å². The molecule has 4 atom stereocenters. The van der Waals surface area contributed by atoms with Crippen molar-refractivity contribution in [2.75, 3.05) is 49.2 Å². The van der Waals surface area contributed by atoms with Gasteiger partial charge in [0.25, 0.3) is 0 Å². The lowest BCUT2D eigenvalue weighted by molar-refractivity contribution is -0.0390. The molecule has 1 N–H and O–H groups in total.